The summed E-state index contributed by atoms with van der Waals surface area (Å²) in [4.78, 5) is 20.5. The lowest BCUT2D eigenvalue weighted by atomic mass is 10.0. The summed E-state index contributed by atoms with van der Waals surface area (Å²) in [6.07, 6.45) is 0. The van der Waals surface area contributed by atoms with Crippen LogP contribution < -0.4 is 10.6 Å². The Labute approximate surface area is 196 Å². The predicted octanol–water partition coefficient (Wildman–Crippen LogP) is 6.72. The van der Waals surface area contributed by atoms with E-state index in [4.69, 9.17) is 10.2 Å². The van der Waals surface area contributed by atoms with E-state index in [1.165, 1.54) is 0 Å². The SMILES string of the molecule is Cc1cccc2[nH]c(-c3ccc(-c4cccc(NC(=O)Nc5cccc(C#N)c5)c4)cc3)nc12. The average Bonchev–Trinajstić information content (AvgIpc) is 3.30. The molecule has 0 unspecified atom stereocenters. The number of urea groups is 1. The minimum atomic E-state index is -0.372. The summed E-state index contributed by atoms with van der Waals surface area (Å²) in [6, 6.07) is 30.4. The number of hydrogen-bond donors (Lipinski definition) is 3. The van der Waals surface area contributed by atoms with Gasteiger partial charge in [0.15, 0.2) is 0 Å². The topological polar surface area (TPSA) is 93.6 Å². The molecule has 0 aliphatic carbocycles. The molecular weight excluding hydrogens is 422 g/mol. The molecule has 1 aromatic heterocycles. The van der Waals surface area contributed by atoms with Crippen LogP contribution in [0.2, 0.25) is 0 Å². The van der Waals surface area contributed by atoms with E-state index in [0.717, 1.165) is 39.1 Å². The molecule has 0 saturated heterocycles. The average molecular weight is 444 g/mol. The summed E-state index contributed by atoms with van der Waals surface area (Å²) < 4.78 is 0. The van der Waals surface area contributed by atoms with Crippen LogP contribution >= 0.6 is 0 Å². The second-order valence-electron chi connectivity index (χ2n) is 7.99. The molecule has 5 rings (SSSR count). The van der Waals surface area contributed by atoms with Gasteiger partial charge in [0.1, 0.15) is 5.82 Å². The number of para-hydroxylation sites is 1. The molecule has 34 heavy (non-hydrogen) atoms. The van der Waals surface area contributed by atoms with Gasteiger partial charge in [-0.1, -0.05) is 54.6 Å². The summed E-state index contributed by atoms with van der Waals surface area (Å²) >= 11 is 0. The molecule has 0 aliphatic heterocycles. The molecule has 164 valence electrons. The Balaban J connectivity index is 1.32. The van der Waals surface area contributed by atoms with Crippen molar-refractivity contribution in [2.45, 2.75) is 6.92 Å². The number of amides is 2. The number of nitrogens with zero attached hydrogens (tertiary/aromatic N) is 2. The van der Waals surface area contributed by atoms with Crippen LogP contribution in [-0.2, 0) is 0 Å². The van der Waals surface area contributed by atoms with E-state index in [1.54, 1.807) is 24.3 Å². The van der Waals surface area contributed by atoms with Crippen molar-refractivity contribution < 1.29 is 4.79 Å². The first-order chi connectivity index (χ1) is 16.6. The lowest BCUT2D eigenvalue weighted by Gasteiger charge is -2.10. The summed E-state index contributed by atoms with van der Waals surface area (Å²) in [5, 5.41) is 14.6. The molecule has 3 N–H and O–H groups in total. The van der Waals surface area contributed by atoms with Crippen molar-refractivity contribution in [1.82, 2.24) is 9.97 Å². The van der Waals surface area contributed by atoms with Crippen LogP contribution in [0, 0.1) is 18.3 Å². The quantitative estimate of drug-likeness (QED) is 0.288. The van der Waals surface area contributed by atoms with Crippen LogP contribution in [0.5, 0.6) is 0 Å². The Kier molecular flexibility index (Phi) is 5.51. The molecule has 0 bridgehead atoms. The fourth-order valence-corrected chi connectivity index (χ4v) is 3.87. The zero-order chi connectivity index (χ0) is 23.5. The van der Waals surface area contributed by atoms with Gasteiger partial charge in [-0.2, -0.15) is 5.26 Å². The maximum Gasteiger partial charge on any atom is 0.323 e. The first-order valence-corrected chi connectivity index (χ1v) is 10.8. The maximum absolute atomic E-state index is 12.4. The predicted molar refractivity (Wildman–Crippen MR) is 136 cm³/mol. The monoisotopic (exact) mass is 443 g/mol. The van der Waals surface area contributed by atoms with Gasteiger partial charge >= 0.3 is 6.03 Å². The molecule has 4 aromatic carbocycles. The largest absolute Gasteiger partial charge is 0.338 e. The first kappa shape index (κ1) is 21.0. The van der Waals surface area contributed by atoms with Crippen molar-refractivity contribution in [1.29, 1.82) is 5.26 Å². The van der Waals surface area contributed by atoms with Crippen molar-refractivity contribution in [3.63, 3.8) is 0 Å². The van der Waals surface area contributed by atoms with E-state index in [0.29, 0.717) is 16.9 Å². The van der Waals surface area contributed by atoms with E-state index in [-0.39, 0.29) is 6.03 Å². The van der Waals surface area contributed by atoms with E-state index in [9.17, 15) is 4.79 Å². The fraction of sp³-hybridized carbons (Fsp3) is 0.0357. The molecule has 0 atom stereocenters. The number of aromatic nitrogens is 2. The summed E-state index contributed by atoms with van der Waals surface area (Å²) in [5.41, 5.74) is 7.88. The number of hydrogen-bond acceptors (Lipinski definition) is 3. The summed E-state index contributed by atoms with van der Waals surface area (Å²) in [6.45, 7) is 2.06. The summed E-state index contributed by atoms with van der Waals surface area (Å²) in [7, 11) is 0. The molecule has 5 aromatic rings. The van der Waals surface area contributed by atoms with Crippen molar-refractivity contribution in [3.8, 4) is 28.6 Å². The number of benzene rings is 4. The van der Waals surface area contributed by atoms with Crippen LogP contribution in [0.25, 0.3) is 33.5 Å². The number of anilines is 2. The Morgan fingerprint density at radius 1 is 0.824 bits per heavy atom. The Hall–Kier alpha value is -4.89. The molecular formula is C28H21N5O. The second-order valence-corrected chi connectivity index (χ2v) is 7.99. The van der Waals surface area contributed by atoms with E-state index >= 15 is 0 Å². The van der Waals surface area contributed by atoms with Crippen LogP contribution in [0.4, 0.5) is 16.2 Å². The number of aryl methyl sites for hydroxylation is 1. The third-order valence-electron chi connectivity index (χ3n) is 5.58. The van der Waals surface area contributed by atoms with Crippen LogP contribution in [0.3, 0.4) is 0 Å². The standard InChI is InChI=1S/C28H21N5O/c1-18-5-2-10-25-26(18)33-27(32-25)21-13-11-20(12-14-21)22-7-4-9-24(16-22)31-28(34)30-23-8-3-6-19(15-23)17-29/h2-16H,1H3,(H,32,33)(H2,30,31,34). The Morgan fingerprint density at radius 3 is 2.24 bits per heavy atom. The van der Waals surface area contributed by atoms with Gasteiger partial charge in [0.2, 0.25) is 0 Å². The highest BCUT2D eigenvalue weighted by molar-refractivity contribution is 6.00. The lowest BCUT2D eigenvalue weighted by Crippen LogP contribution is -2.19. The number of fused-ring (bicyclic) bond motifs is 1. The number of H-pyrrole nitrogens is 1. The van der Waals surface area contributed by atoms with Crippen molar-refractivity contribution in [2.75, 3.05) is 10.6 Å². The molecule has 0 spiro atoms. The van der Waals surface area contributed by atoms with Gasteiger partial charge in [-0.3, -0.25) is 0 Å². The summed E-state index contributed by atoms with van der Waals surface area (Å²) in [5.74, 6) is 0.836. The van der Waals surface area contributed by atoms with Gasteiger partial charge in [0, 0.05) is 16.9 Å². The van der Waals surface area contributed by atoms with Crippen LogP contribution in [0.15, 0.2) is 91.0 Å². The minimum Gasteiger partial charge on any atom is -0.338 e. The Morgan fingerprint density at radius 2 is 1.50 bits per heavy atom. The molecule has 2 amide bonds. The first-order valence-electron chi connectivity index (χ1n) is 10.8. The number of nitriles is 1. The molecule has 6 heteroatoms. The van der Waals surface area contributed by atoms with E-state index in [1.807, 2.05) is 60.7 Å². The third kappa shape index (κ3) is 4.36. The molecule has 0 radical (unpaired) electrons. The molecule has 6 nitrogen and oxygen atoms in total. The lowest BCUT2D eigenvalue weighted by molar-refractivity contribution is 0.262. The molecule has 0 saturated carbocycles. The van der Waals surface area contributed by atoms with Gasteiger partial charge in [-0.15, -0.1) is 0 Å². The number of carbonyl (C=O) groups excluding carboxylic acids is 1. The molecule has 0 aliphatic rings. The normalized spacial score (nSPS) is 10.6. The van der Waals surface area contributed by atoms with Gasteiger partial charge in [-0.05, 0) is 60.0 Å². The van der Waals surface area contributed by atoms with Gasteiger partial charge in [0.25, 0.3) is 0 Å². The van der Waals surface area contributed by atoms with Crippen LogP contribution in [0.1, 0.15) is 11.1 Å². The Bertz CT molecular complexity index is 1540. The van der Waals surface area contributed by atoms with E-state index < -0.39 is 0 Å². The highest BCUT2D eigenvalue weighted by Crippen LogP contribution is 2.27. The second kappa shape index (κ2) is 8.93. The smallest absolute Gasteiger partial charge is 0.323 e. The fourth-order valence-electron chi connectivity index (χ4n) is 3.87. The van der Waals surface area contributed by atoms with E-state index in [2.05, 4.69) is 34.7 Å². The van der Waals surface area contributed by atoms with Crippen molar-refractivity contribution in [3.05, 3.63) is 102 Å². The molecule has 1 heterocycles. The highest BCUT2D eigenvalue weighted by Gasteiger charge is 2.09. The number of nitrogens with one attached hydrogen (secondary N) is 3. The number of aromatic amines is 1. The zero-order valence-electron chi connectivity index (χ0n) is 18.5. The maximum atomic E-state index is 12.4. The van der Waals surface area contributed by atoms with Gasteiger partial charge < -0.3 is 15.6 Å². The van der Waals surface area contributed by atoms with Crippen LogP contribution in [-0.4, -0.2) is 16.0 Å². The van der Waals surface area contributed by atoms with Gasteiger partial charge in [-0.25, -0.2) is 9.78 Å². The third-order valence-corrected chi connectivity index (χ3v) is 5.58. The van der Waals surface area contributed by atoms with Gasteiger partial charge in [0.05, 0.1) is 22.7 Å². The molecule has 0 fully saturated rings. The number of imidazole rings is 1. The van der Waals surface area contributed by atoms with Crippen molar-refractivity contribution in [2.24, 2.45) is 0 Å². The minimum absolute atomic E-state index is 0.372. The van der Waals surface area contributed by atoms with Crippen molar-refractivity contribution >= 4 is 28.4 Å². The highest BCUT2D eigenvalue weighted by atomic mass is 16.2. The zero-order valence-corrected chi connectivity index (χ0v) is 18.5. The number of rotatable bonds is 4. The number of carbonyl (C=O) groups is 1.